The summed E-state index contributed by atoms with van der Waals surface area (Å²) in [7, 11) is 0. The lowest BCUT2D eigenvalue weighted by Gasteiger charge is -2.07. The lowest BCUT2D eigenvalue weighted by atomic mass is 10.3. The molecule has 17 heavy (non-hydrogen) atoms. The molecule has 0 fully saturated rings. The van der Waals surface area contributed by atoms with Crippen LogP contribution in [0.15, 0.2) is 24.4 Å². The van der Waals surface area contributed by atoms with Gasteiger partial charge in [0.2, 0.25) is 5.28 Å². The van der Waals surface area contributed by atoms with Crippen molar-refractivity contribution in [1.82, 2.24) is 9.97 Å². The van der Waals surface area contributed by atoms with Gasteiger partial charge in [0.1, 0.15) is 5.02 Å². The molecule has 0 saturated heterocycles. The van der Waals surface area contributed by atoms with Gasteiger partial charge < -0.3 is 5.32 Å². The highest BCUT2D eigenvalue weighted by Crippen LogP contribution is 2.24. The van der Waals surface area contributed by atoms with E-state index in [1.165, 1.54) is 12.3 Å². The van der Waals surface area contributed by atoms with Gasteiger partial charge in [0.25, 0.3) is 0 Å². The lowest BCUT2D eigenvalue weighted by molar-refractivity contribution is 0.509. The van der Waals surface area contributed by atoms with Crippen LogP contribution >= 0.6 is 23.2 Å². The first-order valence-electron chi connectivity index (χ1n) is 4.46. The van der Waals surface area contributed by atoms with Crippen LogP contribution in [0.5, 0.6) is 0 Å². The van der Waals surface area contributed by atoms with Crippen LogP contribution in [0.1, 0.15) is 0 Å². The third kappa shape index (κ3) is 2.81. The van der Waals surface area contributed by atoms with Crippen LogP contribution in [0.3, 0.4) is 0 Å². The van der Waals surface area contributed by atoms with E-state index in [0.717, 1.165) is 12.1 Å². The van der Waals surface area contributed by atoms with E-state index >= 15 is 0 Å². The first-order valence-corrected chi connectivity index (χ1v) is 5.22. The second kappa shape index (κ2) is 4.81. The molecule has 0 aliphatic rings. The fourth-order valence-electron chi connectivity index (χ4n) is 1.14. The SMILES string of the molecule is Fc1ccc(Nc2nc(Cl)ncc2Cl)cc1F. The first kappa shape index (κ1) is 12.0. The van der Waals surface area contributed by atoms with Gasteiger partial charge in [-0.15, -0.1) is 0 Å². The molecule has 0 saturated carbocycles. The Morgan fingerprint density at radius 1 is 1.12 bits per heavy atom. The lowest BCUT2D eigenvalue weighted by Crippen LogP contribution is -1.97. The van der Waals surface area contributed by atoms with Crippen LogP contribution in [0.4, 0.5) is 20.3 Å². The molecule has 0 spiro atoms. The van der Waals surface area contributed by atoms with Crippen LogP contribution in [-0.4, -0.2) is 9.97 Å². The Balaban J connectivity index is 2.31. The number of hydrogen-bond donors (Lipinski definition) is 1. The maximum absolute atomic E-state index is 13.0. The van der Waals surface area contributed by atoms with Gasteiger partial charge in [0.05, 0.1) is 6.20 Å². The van der Waals surface area contributed by atoms with Crippen molar-refractivity contribution >= 4 is 34.7 Å². The summed E-state index contributed by atoms with van der Waals surface area (Å²) in [5.41, 5.74) is 0.306. The molecule has 0 atom stereocenters. The van der Waals surface area contributed by atoms with Crippen LogP contribution in [0.2, 0.25) is 10.3 Å². The summed E-state index contributed by atoms with van der Waals surface area (Å²) in [6.07, 6.45) is 1.30. The van der Waals surface area contributed by atoms with Gasteiger partial charge in [-0.2, -0.15) is 4.98 Å². The maximum atomic E-state index is 13.0. The quantitative estimate of drug-likeness (QED) is 0.847. The third-order valence-electron chi connectivity index (χ3n) is 1.90. The summed E-state index contributed by atoms with van der Waals surface area (Å²) in [5.74, 6) is -1.67. The molecule has 88 valence electrons. The fourth-order valence-corrected chi connectivity index (χ4v) is 1.42. The molecule has 0 bridgehead atoms. The zero-order valence-electron chi connectivity index (χ0n) is 8.22. The van der Waals surface area contributed by atoms with Crippen molar-refractivity contribution in [2.75, 3.05) is 5.32 Å². The molecule has 0 unspecified atom stereocenters. The number of anilines is 2. The van der Waals surface area contributed by atoms with Gasteiger partial charge >= 0.3 is 0 Å². The Morgan fingerprint density at radius 2 is 1.88 bits per heavy atom. The Hall–Kier alpha value is -1.46. The number of nitrogens with one attached hydrogen (secondary N) is 1. The molecule has 0 amide bonds. The predicted octanol–water partition coefficient (Wildman–Crippen LogP) is 3.81. The number of rotatable bonds is 2. The second-order valence-electron chi connectivity index (χ2n) is 3.09. The number of benzene rings is 1. The van der Waals surface area contributed by atoms with Crippen molar-refractivity contribution < 1.29 is 8.78 Å². The van der Waals surface area contributed by atoms with E-state index in [-0.39, 0.29) is 16.1 Å². The largest absolute Gasteiger partial charge is 0.339 e. The fraction of sp³-hybridized carbons (Fsp3) is 0. The Labute approximate surface area is 105 Å². The third-order valence-corrected chi connectivity index (χ3v) is 2.36. The monoisotopic (exact) mass is 275 g/mol. The minimum absolute atomic E-state index is 0.000478. The minimum atomic E-state index is -0.966. The smallest absolute Gasteiger partial charge is 0.224 e. The van der Waals surface area contributed by atoms with E-state index in [1.54, 1.807) is 0 Å². The number of aromatic nitrogens is 2. The van der Waals surface area contributed by atoms with Gasteiger partial charge in [-0.05, 0) is 23.7 Å². The van der Waals surface area contributed by atoms with Crippen molar-refractivity contribution in [3.05, 3.63) is 46.3 Å². The van der Waals surface area contributed by atoms with E-state index in [1.807, 2.05) is 0 Å². The van der Waals surface area contributed by atoms with Crippen molar-refractivity contribution in [1.29, 1.82) is 0 Å². The van der Waals surface area contributed by atoms with Gasteiger partial charge in [-0.25, -0.2) is 13.8 Å². The second-order valence-corrected chi connectivity index (χ2v) is 3.83. The average molecular weight is 276 g/mol. The Bertz CT molecular complexity index is 563. The van der Waals surface area contributed by atoms with E-state index in [0.29, 0.717) is 5.69 Å². The topological polar surface area (TPSA) is 37.8 Å². The summed E-state index contributed by atoms with van der Waals surface area (Å²) in [6, 6.07) is 3.33. The molecular formula is C10H5Cl2F2N3. The molecule has 0 radical (unpaired) electrons. The van der Waals surface area contributed by atoms with Gasteiger partial charge in [-0.1, -0.05) is 11.6 Å². The highest BCUT2D eigenvalue weighted by molar-refractivity contribution is 6.33. The molecule has 1 heterocycles. The molecule has 2 rings (SSSR count). The van der Waals surface area contributed by atoms with Crippen LogP contribution in [0.25, 0.3) is 0 Å². The summed E-state index contributed by atoms with van der Waals surface area (Å²) in [4.78, 5) is 7.48. The van der Waals surface area contributed by atoms with Gasteiger partial charge in [0.15, 0.2) is 17.5 Å². The van der Waals surface area contributed by atoms with Crippen LogP contribution in [0, 0.1) is 11.6 Å². The van der Waals surface area contributed by atoms with Crippen molar-refractivity contribution in [2.24, 2.45) is 0 Å². The zero-order valence-corrected chi connectivity index (χ0v) is 9.73. The summed E-state index contributed by atoms with van der Waals surface area (Å²) >= 11 is 11.4. The maximum Gasteiger partial charge on any atom is 0.224 e. The first-order chi connectivity index (χ1) is 8.06. The molecule has 1 aromatic carbocycles. The van der Waals surface area contributed by atoms with Crippen molar-refractivity contribution in [3.8, 4) is 0 Å². The van der Waals surface area contributed by atoms with Gasteiger partial charge in [-0.3, -0.25) is 0 Å². The molecular weight excluding hydrogens is 271 g/mol. The standard InChI is InChI=1S/C10H5Cl2F2N3/c11-6-4-15-10(12)17-9(6)16-5-1-2-7(13)8(14)3-5/h1-4H,(H,15,16,17). The summed E-state index contributed by atoms with van der Waals surface area (Å²) < 4.78 is 25.7. The molecule has 7 heteroatoms. The van der Waals surface area contributed by atoms with Crippen LogP contribution < -0.4 is 5.32 Å². The van der Waals surface area contributed by atoms with Crippen molar-refractivity contribution in [2.45, 2.75) is 0 Å². The normalized spacial score (nSPS) is 10.4. The Kier molecular flexibility index (Phi) is 3.40. The zero-order chi connectivity index (χ0) is 12.4. The molecule has 2 aromatic rings. The molecule has 1 aromatic heterocycles. The molecule has 3 nitrogen and oxygen atoms in total. The van der Waals surface area contributed by atoms with E-state index in [2.05, 4.69) is 15.3 Å². The molecule has 1 N–H and O–H groups in total. The highest BCUT2D eigenvalue weighted by Gasteiger charge is 2.07. The van der Waals surface area contributed by atoms with Gasteiger partial charge in [0, 0.05) is 11.8 Å². The number of hydrogen-bond acceptors (Lipinski definition) is 3. The summed E-state index contributed by atoms with van der Waals surface area (Å²) in [5, 5.41) is 2.93. The average Bonchev–Trinajstić information content (AvgIpc) is 2.29. The summed E-state index contributed by atoms with van der Waals surface area (Å²) in [6.45, 7) is 0. The Morgan fingerprint density at radius 3 is 2.59 bits per heavy atom. The minimum Gasteiger partial charge on any atom is -0.339 e. The number of nitrogens with zero attached hydrogens (tertiary/aromatic N) is 2. The van der Waals surface area contributed by atoms with E-state index in [4.69, 9.17) is 23.2 Å². The van der Waals surface area contributed by atoms with Crippen molar-refractivity contribution in [3.63, 3.8) is 0 Å². The predicted molar refractivity (Wildman–Crippen MR) is 61.7 cm³/mol. The van der Waals surface area contributed by atoms with Crippen LogP contribution in [-0.2, 0) is 0 Å². The highest BCUT2D eigenvalue weighted by atomic mass is 35.5. The molecule has 0 aliphatic heterocycles. The molecule has 0 aliphatic carbocycles. The number of halogens is 4. The van der Waals surface area contributed by atoms with E-state index in [9.17, 15) is 8.78 Å². The van der Waals surface area contributed by atoms with E-state index < -0.39 is 11.6 Å².